The fourth-order valence-corrected chi connectivity index (χ4v) is 2.04. The third-order valence-electron chi connectivity index (χ3n) is 3.28. The van der Waals surface area contributed by atoms with E-state index in [0.29, 0.717) is 26.2 Å². The molecule has 1 atom stereocenters. The topological polar surface area (TPSA) is 60.5 Å². The molecule has 1 aliphatic heterocycles. The van der Waals surface area contributed by atoms with Crippen molar-refractivity contribution in [1.29, 1.82) is 0 Å². The second-order valence-corrected chi connectivity index (χ2v) is 4.40. The first-order valence-electron chi connectivity index (χ1n) is 5.86. The van der Waals surface area contributed by atoms with Gasteiger partial charge in [0, 0.05) is 32.4 Å². The molecule has 94 valence electrons. The molecule has 2 heterocycles. The fourth-order valence-electron chi connectivity index (χ4n) is 2.04. The van der Waals surface area contributed by atoms with Crippen LogP contribution in [0.3, 0.4) is 0 Å². The molecule has 1 aliphatic rings. The summed E-state index contributed by atoms with van der Waals surface area (Å²) in [4.78, 5) is 14.1. The normalized spacial score (nSPS) is 20.6. The minimum Gasteiger partial charge on any atom is -0.373 e. The molecule has 1 amide bonds. The summed E-state index contributed by atoms with van der Waals surface area (Å²) in [6.45, 7) is 4.23. The first kappa shape index (κ1) is 12.1. The number of amides is 1. The van der Waals surface area contributed by atoms with Crippen molar-refractivity contribution < 1.29 is 9.53 Å². The number of hydrogen-bond acceptors (Lipinski definition) is 3. The summed E-state index contributed by atoms with van der Waals surface area (Å²) in [6, 6.07) is 3.82. The Balaban J connectivity index is 2.12. The monoisotopic (exact) mass is 237 g/mol. The van der Waals surface area contributed by atoms with Crippen molar-refractivity contribution in [2.45, 2.75) is 13.0 Å². The highest BCUT2D eigenvalue weighted by Crippen LogP contribution is 2.12. The number of carbonyl (C=O) groups is 1. The van der Waals surface area contributed by atoms with Crippen LogP contribution in [-0.2, 0) is 11.8 Å². The SMILES string of the molecule is Cc1ccc(C(=O)N2CCOC(CN)C2)n1C. The third kappa shape index (κ3) is 2.35. The standard InChI is InChI=1S/C12H19N3O2/c1-9-3-4-11(14(9)2)12(16)15-5-6-17-10(7-13)8-15/h3-4,10H,5-8,13H2,1-2H3. The first-order valence-corrected chi connectivity index (χ1v) is 5.86. The maximum Gasteiger partial charge on any atom is 0.270 e. The van der Waals surface area contributed by atoms with Gasteiger partial charge in [0.05, 0.1) is 12.7 Å². The summed E-state index contributed by atoms with van der Waals surface area (Å²) >= 11 is 0. The molecule has 0 radical (unpaired) electrons. The van der Waals surface area contributed by atoms with Gasteiger partial charge in [0.15, 0.2) is 0 Å². The third-order valence-corrected chi connectivity index (χ3v) is 3.28. The Labute approximate surface area is 101 Å². The van der Waals surface area contributed by atoms with E-state index >= 15 is 0 Å². The van der Waals surface area contributed by atoms with Crippen LogP contribution in [-0.4, -0.2) is 47.7 Å². The number of nitrogens with zero attached hydrogens (tertiary/aromatic N) is 2. The van der Waals surface area contributed by atoms with E-state index in [9.17, 15) is 4.79 Å². The van der Waals surface area contributed by atoms with E-state index in [4.69, 9.17) is 10.5 Å². The van der Waals surface area contributed by atoms with Gasteiger partial charge in [-0.15, -0.1) is 0 Å². The van der Waals surface area contributed by atoms with E-state index in [1.165, 1.54) is 0 Å². The molecule has 1 aromatic rings. The summed E-state index contributed by atoms with van der Waals surface area (Å²) in [5, 5.41) is 0. The minimum atomic E-state index is -0.0333. The molecule has 2 N–H and O–H groups in total. The lowest BCUT2D eigenvalue weighted by molar-refractivity contribution is -0.0170. The molecule has 0 aromatic carbocycles. The predicted molar refractivity (Wildman–Crippen MR) is 64.8 cm³/mol. The molecule has 5 heteroatoms. The van der Waals surface area contributed by atoms with Crippen LogP contribution in [0.25, 0.3) is 0 Å². The van der Waals surface area contributed by atoms with Gasteiger partial charge in [-0.1, -0.05) is 0 Å². The first-order chi connectivity index (χ1) is 8.13. The van der Waals surface area contributed by atoms with Gasteiger partial charge < -0.3 is 19.9 Å². The maximum atomic E-state index is 12.3. The average molecular weight is 237 g/mol. The van der Waals surface area contributed by atoms with Crippen molar-refractivity contribution in [2.24, 2.45) is 12.8 Å². The highest BCUT2D eigenvalue weighted by atomic mass is 16.5. The number of rotatable bonds is 2. The predicted octanol–water partition coefficient (Wildman–Crippen LogP) is 0.133. The van der Waals surface area contributed by atoms with Crippen LogP contribution >= 0.6 is 0 Å². The summed E-state index contributed by atoms with van der Waals surface area (Å²) in [7, 11) is 1.91. The molecule has 0 saturated carbocycles. The molecule has 5 nitrogen and oxygen atoms in total. The zero-order valence-electron chi connectivity index (χ0n) is 10.3. The molecule has 1 aromatic heterocycles. The van der Waals surface area contributed by atoms with Crippen LogP contribution in [0.15, 0.2) is 12.1 Å². The largest absolute Gasteiger partial charge is 0.373 e. The molecule has 1 saturated heterocycles. The zero-order valence-corrected chi connectivity index (χ0v) is 10.3. The highest BCUT2D eigenvalue weighted by molar-refractivity contribution is 5.93. The number of hydrogen-bond donors (Lipinski definition) is 1. The second kappa shape index (κ2) is 4.89. The van der Waals surface area contributed by atoms with Crippen LogP contribution in [0.1, 0.15) is 16.2 Å². The Hall–Kier alpha value is -1.33. The molecule has 1 fully saturated rings. The van der Waals surface area contributed by atoms with E-state index in [-0.39, 0.29) is 12.0 Å². The summed E-state index contributed by atoms with van der Waals surface area (Å²) < 4.78 is 7.37. The number of morpholine rings is 1. The number of aryl methyl sites for hydroxylation is 1. The number of aromatic nitrogens is 1. The molecule has 0 spiro atoms. The lowest BCUT2D eigenvalue weighted by atomic mass is 10.2. The number of carbonyl (C=O) groups excluding carboxylic acids is 1. The molecular weight excluding hydrogens is 218 g/mol. The Kier molecular flexibility index (Phi) is 3.49. The number of nitrogens with two attached hydrogens (primary N) is 1. The smallest absolute Gasteiger partial charge is 0.270 e. The molecular formula is C12H19N3O2. The van der Waals surface area contributed by atoms with E-state index in [2.05, 4.69) is 0 Å². The highest BCUT2D eigenvalue weighted by Gasteiger charge is 2.25. The van der Waals surface area contributed by atoms with E-state index in [0.717, 1.165) is 11.4 Å². The maximum absolute atomic E-state index is 12.3. The molecule has 2 rings (SSSR count). The minimum absolute atomic E-state index is 0.0333. The Bertz CT molecular complexity index is 414. The van der Waals surface area contributed by atoms with Crippen molar-refractivity contribution in [1.82, 2.24) is 9.47 Å². The van der Waals surface area contributed by atoms with Gasteiger partial charge in [-0.2, -0.15) is 0 Å². The van der Waals surface area contributed by atoms with Gasteiger partial charge in [-0.25, -0.2) is 0 Å². The summed E-state index contributed by atoms with van der Waals surface area (Å²) in [5.74, 6) is 0.0577. The zero-order chi connectivity index (χ0) is 12.4. The lowest BCUT2D eigenvalue weighted by Gasteiger charge is -2.32. The fraction of sp³-hybridized carbons (Fsp3) is 0.583. The van der Waals surface area contributed by atoms with Gasteiger partial charge in [0.1, 0.15) is 5.69 Å². The van der Waals surface area contributed by atoms with E-state index in [1.54, 1.807) is 0 Å². The Morgan fingerprint density at radius 1 is 1.59 bits per heavy atom. The van der Waals surface area contributed by atoms with Crippen molar-refractivity contribution in [2.75, 3.05) is 26.2 Å². The van der Waals surface area contributed by atoms with Crippen LogP contribution in [0.4, 0.5) is 0 Å². The van der Waals surface area contributed by atoms with E-state index in [1.807, 2.05) is 35.6 Å². The molecule has 17 heavy (non-hydrogen) atoms. The van der Waals surface area contributed by atoms with E-state index < -0.39 is 0 Å². The quantitative estimate of drug-likeness (QED) is 0.795. The van der Waals surface area contributed by atoms with Gasteiger partial charge in [-0.05, 0) is 19.1 Å². The van der Waals surface area contributed by atoms with Gasteiger partial charge in [0.25, 0.3) is 5.91 Å². The van der Waals surface area contributed by atoms with Crippen molar-refractivity contribution in [3.05, 3.63) is 23.5 Å². The van der Waals surface area contributed by atoms with Gasteiger partial charge in [0.2, 0.25) is 0 Å². The summed E-state index contributed by atoms with van der Waals surface area (Å²) in [5.41, 5.74) is 7.37. The van der Waals surface area contributed by atoms with Crippen molar-refractivity contribution in [3.63, 3.8) is 0 Å². The average Bonchev–Trinajstić information content (AvgIpc) is 2.69. The Morgan fingerprint density at radius 2 is 2.35 bits per heavy atom. The van der Waals surface area contributed by atoms with Crippen LogP contribution < -0.4 is 5.73 Å². The molecule has 0 aliphatic carbocycles. The van der Waals surface area contributed by atoms with Crippen molar-refractivity contribution >= 4 is 5.91 Å². The molecule has 0 bridgehead atoms. The molecule has 1 unspecified atom stereocenters. The van der Waals surface area contributed by atoms with Crippen LogP contribution in [0, 0.1) is 6.92 Å². The number of ether oxygens (including phenoxy) is 1. The van der Waals surface area contributed by atoms with Gasteiger partial charge in [-0.3, -0.25) is 4.79 Å². The van der Waals surface area contributed by atoms with Gasteiger partial charge >= 0.3 is 0 Å². The van der Waals surface area contributed by atoms with Crippen molar-refractivity contribution in [3.8, 4) is 0 Å². The second-order valence-electron chi connectivity index (χ2n) is 4.40. The summed E-state index contributed by atoms with van der Waals surface area (Å²) in [6.07, 6.45) is -0.0333. The Morgan fingerprint density at radius 3 is 2.94 bits per heavy atom. The van der Waals surface area contributed by atoms with Crippen LogP contribution in [0.5, 0.6) is 0 Å². The van der Waals surface area contributed by atoms with Crippen LogP contribution in [0.2, 0.25) is 0 Å². The lowest BCUT2D eigenvalue weighted by Crippen LogP contribution is -2.48.